The first-order valence-corrected chi connectivity index (χ1v) is 8.52. The number of hydrogen-bond acceptors (Lipinski definition) is 3. The molecule has 1 heterocycles. The number of halogens is 2. The van der Waals surface area contributed by atoms with E-state index in [1.54, 1.807) is 55.0 Å². The van der Waals surface area contributed by atoms with E-state index in [0.29, 0.717) is 39.7 Å². The Hall–Kier alpha value is -2.14. The number of nitrogens with zero attached hydrogens (tertiary/aromatic N) is 2. The highest BCUT2D eigenvalue weighted by molar-refractivity contribution is 6.42. The zero-order chi connectivity index (χ0) is 17.8. The Kier molecular flexibility index (Phi) is 5.53. The van der Waals surface area contributed by atoms with Gasteiger partial charge in [0.1, 0.15) is 6.10 Å². The van der Waals surface area contributed by atoms with Gasteiger partial charge in [-0.15, -0.1) is 0 Å². The number of benzene rings is 2. The second-order valence-electron chi connectivity index (χ2n) is 5.68. The minimum absolute atomic E-state index is 0.0110. The van der Waals surface area contributed by atoms with Crippen LogP contribution in [0.25, 0.3) is 0 Å². The van der Waals surface area contributed by atoms with Crippen LogP contribution in [0.5, 0.6) is 0 Å². The lowest BCUT2D eigenvalue weighted by Gasteiger charge is -2.13. The van der Waals surface area contributed by atoms with Gasteiger partial charge in [0, 0.05) is 30.9 Å². The number of carbonyl (C=O) groups excluding carboxylic acids is 1. The van der Waals surface area contributed by atoms with Crippen LogP contribution in [0.15, 0.2) is 61.2 Å². The average Bonchev–Trinajstić information content (AvgIpc) is 3.15. The molecule has 2 aromatic carbocycles. The number of carbonyl (C=O) groups is 1. The lowest BCUT2D eigenvalue weighted by Crippen LogP contribution is -2.07. The van der Waals surface area contributed by atoms with E-state index in [1.165, 1.54) is 0 Å². The Labute approximate surface area is 155 Å². The predicted octanol–water partition coefficient (Wildman–Crippen LogP) is 4.54. The van der Waals surface area contributed by atoms with Gasteiger partial charge in [0.2, 0.25) is 0 Å². The number of aryl methyl sites for hydroxylation is 1. The van der Waals surface area contributed by atoms with Crippen LogP contribution in [0.1, 0.15) is 34.0 Å². The first kappa shape index (κ1) is 17.7. The summed E-state index contributed by atoms with van der Waals surface area (Å²) in [5.41, 5.74) is 1.82. The van der Waals surface area contributed by atoms with Crippen molar-refractivity contribution in [2.45, 2.75) is 19.1 Å². The molecule has 0 amide bonds. The number of hydrogen-bond donors (Lipinski definition) is 1. The largest absolute Gasteiger partial charge is 0.384 e. The minimum Gasteiger partial charge on any atom is -0.384 e. The smallest absolute Gasteiger partial charge is 0.164 e. The van der Waals surface area contributed by atoms with Crippen molar-refractivity contribution in [1.82, 2.24) is 9.55 Å². The summed E-state index contributed by atoms with van der Waals surface area (Å²) in [5, 5.41) is 11.4. The standard InChI is InChI=1S/C19H16Cl2N2O2/c20-16-5-4-15(11-17(16)21)19(25)14-3-1-2-13(10-14)18(24)6-8-23-9-7-22-12-23/h1-5,7,9-12,19,25H,6,8H2. The Balaban J connectivity index is 1.75. The molecule has 6 heteroatoms. The molecule has 1 aromatic heterocycles. The lowest BCUT2D eigenvalue weighted by atomic mass is 9.98. The molecule has 3 aromatic rings. The number of imidazole rings is 1. The zero-order valence-corrected chi connectivity index (χ0v) is 14.8. The second-order valence-corrected chi connectivity index (χ2v) is 6.49. The fraction of sp³-hybridized carbons (Fsp3) is 0.158. The van der Waals surface area contributed by atoms with E-state index in [0.717, 1.165) is 0 Å². The Morgan fingerprint density at radius 1 is 1.12 bits per heavy atom. The monoisotopic (exact) mass is 374 g/mol. The van der Waals surface area contributed by atoms with Crippen LogP contribution in [0, 0.1) is 0 Å². The number of aliphatic hydroxyl groups is 1. The molecule has 0 radical (unpaired) electrons. The Morgan fingerprint density at radius 3 is 2.64 bits per heavy atom. The molecule has 0 fully saturated rings. The van der Waals surface area contributed by atoms with E-state index >= 15 is 0 Å². The van der Waals surface area contributed by atoms with Crippen LogP contribution in [0.3, 0.4) is 0 Å². The van der Waals surface area contributed by atoms with Crippen LogP contribution in [0.2, 0.25) is 10.0 Å². The molecule has 1 atom stereocenters. The quantitative estimate of drug-likeness (QED) is 0.644. The summed E-state index contributed by atoms with van der Waals surface area (Å²) in [4.78, 5) is 16.4. The summed E-state index contributed by atoms with van der Waals surface area (Å²) in [7, 11) is 0. The van der Waals surface area contributed by atoms with Crippen molar-refractivity contribution in [3.8, 4) is 0 Å². The average molecular weight is 375 g/mol. The topological polar surface area (TPSA) is 55.1 Å². The molecule has 0 bridgehead atoms. The lowest BCUT2D eigenvalue weighted by molar-refractivity contribution is 0.0977. The normalized spacial score (nSPS) is 12.1. The Morgan fingerprint density at radius 2 is 1.92 bits per heavy atom. The summed E-state index contributed by atoms with van der Waals surface area (Å²) in [6.45, 7) is 0.568. The predicted molar refractivity (Wildman–Crippen MR) is 98.1 cm³/mol. The van der Waals surface area contributed by atoms with Crippen molar-refractivity contribution >= 4 is 29.0 Å². The van der Waals surface area contributed by atoms with E-state index in [4.69, 9.17) is 23.2 Å². The van der Waals surface area contributed by atoms with Gasteiger partial charge in [-0.3, -0.25) is 4.79 Å². The number of ketones is 1. The van der Waals surface area contributed by atoms with Crippen LogP contribution >= 0.6 is 23.2 Å². The fourth-order valence-corrected chi connectivity index (χ4v) is 2.86. The van der Waals surface area contributed by atoms with Gasteiger partial charge in [-0.1, -0.05) is 47.5 Å². The third kappa shape index (κ3) is 4.28. The van der Waals surface area contributed by atoms with Crippen LogP contribution < -0.4 is 0 Å². The molecule has 0 saturated carbocycles. The third-order valence-electron chi connectivity index (χ3n) is 3.94. The van der Waals surface area contributed by atoms with Crippen molar-refractivity contribution in [1.29, 1.82) is 0 Å². The maximum absolute atomic E-state index is 12.4. The molecular formula is C19H16Cl2N2O2. The van der Waals surface area contributed by atoms with Gasteiger partial charge in [0.05, 0.1) is 16.4 Å². The molecule has 25 heavy (non-hydrogen) atoms. The van der Waals surface area contributed by atoms with Crippen molar-refractivity contribution in [3.63, 3.8) is 0 Å². The molecule has 1 unspecified atom stereocenters. The van der Waals surface area contributed by atoms with E-state index in [9.17, 15) is 9.90 Å². The van der Waals surface area contributed by atoms with Gasteiger partial charge in [-0.05, 0) is 29.3 Å². The van der Waals surface area contributed by atoms with Crippen LogP contribution in [0.4, 0.5) is 0 Å². The van der Waals surface area contributed by atoms with Gasteiger partial charge in [0.15, 0.2) is 5.78 Å². The molecule has 0 aliphatic carbocycles. The van der Waals surface area contributed by atoms with E-state index in [2.05, 4.69) is 4.98 Å². The highest BCUT2D eigenvalue weighted by Gasteiger charge is 2.14. The molecule has 3 rings (SSSR count). The third-order valence-corrected chi connectivity index (χ3v) is 4.68. The zero-order valence-electron chi connectivity index (χ0n) is 13.3. The fourth-order valence-electron chi connectivity index (χ4n) is 2.55. The molecule has 1 N–H and O–H groups in total. The van der Waals surface area contributed by atoms with E-state index in [1.807, 2.05) is 10.8 Å². The van der Waals surface area contributed by atoms with Crippen LogP contribution in [-0.2, 0) is 6.54 Å². The molecule has 0 aliphatic heterocycles. The van der Waals surface area contributed by atoms with Gasteiger partial charge in [0.25, 0.3) is 0 Å². The maximum Gasteiger partial charge on any atom is 0.164 e. The van der Waals surface area contributed by atoms with Crippen molar-refractivity contribution in [2.24, 2.45) is 0 Å². The van der Waals surface area contributed by atoms with Gasteiger partial charge < -0.3 is 9.67 Å². The van der Waals surface area contributed by atoms with E-state index < -0.39 is 6.10 Å². The summed E-state index contributed by atoms with van der Waals surface area (Å²) >= 11 is 11.9. The summed E-state index contributed by atoms with van der Waals surface area (Å²) in [6.07, 6.45) is 4.66. The van der Waals surface area contributed by atoms with Gasteiger partial charge in [-0.25, -0.2) is 4.98 Å². The summed E-state index contributed by atoms with van der Waals surface area (Å²) < 4.78 is 1.85. The van der Waals surface area contributed by atoms with E-state index in [-0.39, 0.29) is 5.78 Å². The number of Topliss-reactive ketones (excluding diaryl/α,β-unsaturated/α-hetero) is 1. The summed E-state index contributed by atoms with van der Waals surface area (Å²) in [6, 6.07) is 12.0. The molecular weight excluding hydrogens is 359 g/mol. The maximum atomic E-state index is 12.4. The molecule has 4 nitrogen and oxygen atoms in total. The first-order valence-electron chi connectivity index (χ1n) is 7.76. The van der Waals surface area contributed by atoms with Crippen LogP contribution in [-0.4, -0.2) is 20.4 Å². The SMILES string of the molecule is O=C(CCn1ccnc1)c1cccc(C(O)c2ccc(Cl)c(Cl)c2)c1. The van der Waals surface area contributed by atoms with Crippen molar-refractivity contribution in [2.75, 3.05) is 0 Å². The number of aromatic nitrogens is 2. The summed E-state index contributed by atoms with van der Waals surface area (Å²) in [5.74, 6) is 0.0110. The first-order chi connectivity index (χ1) is 12.0. The minimum atomic E-state index is -0.879. The molecule has 0 aliphatic rings. The molecule has 128 valence electrons. The highest BCUT2D eigenvalue weighted by Crippen LogP contribution is 2.29. The number of rotatable bonds is 6. The van der Waals surface area contributed by atoms with Gasteiger partial charge in [-0.2, -0.15) is 0 Å². The van der Waals surface area contributed by atoms with Crippen molar-refractivity contribution < 1.29 is 9.90 Å². The molecule has 0 spiro atoms. The Bertz CT molecular complexity index is 879. The molecule has 0 saturated heterocycles. The highest BCUT2D eigenvalue weighted by atomic mass is 35.5. The van der Waals surface area contributed by atoms with Crippen molar-refractivity contribution in [3.05, 3.63) is 87.9 Å². The second kappa shape index (κ2) is 7.83. The number of aliphatic hydroxyl groups excluding tert-OH is 1. The van der Waals surface area contributed by atoms with Gasteiger partial charge >= 0.3 is 0 Å².